The average molecular weight is 375 g/mol. The highest BCUT2D eigenvalue weighted by atomic mass is 16.1. The van der Waals surface area contributed by atoms with Crippen molar-refractivity contribution < 1.29 is 0 Å². The minimum Gasteiger partial charge on any atom is -0.298 e. The van der Waals surface area contributed by atoms with Crippen LogP contribution in [0.1, 0.15) is 61.4 Å². The van der Waals surface area contributed by atoms with E-state index in [1.54, 1.807) is 4.57 Å². The third-order valence-electron chi connectivity index (χ3n) is 6.25. The van der Waals surface area contributed by atoms with Gasteiger partial charge in [0.15, 0.2) is 0 Å². The summed E-state index contributed by atoms with van der Waals surface area (Å²) < 4.78 is 1.73. The molecule has 1 aliphatic heterocycles. The topological polar surface area (TPSA) is 63.9 Å². The molecule has 1 unspecified atom stereocenters. The Labute approximate surface area is 164 Å². The van der Waals surface area contributed by atoms with Crippen LogP contribution in [0.15, 0.2) is 41.3 Å². The van der Waals surface area contributed by atoms with Crippen LogP contribution < -0.4 is 5.56 Å². The first-order chi connectivity index (χ1) is 13.7. The molecular weight excluding hydrogens is 350 g/mol. The molecule has 1 aromatic carbocycles. The highest BCUT2D eigenvalue weighted by molar-refractivity contribution is 5.77. The molecule has 2 aliphatic rings. The van der Waals surface area contributed by atoms with E-state index in [4.69, 9.17) is 9.97 Å². The Bertz CT molecular complexity index is 1070. The van der Waals surface area contributed by atoms with Crippen LogP contribution in [-0.2, 0) is 13.6 Å². The van der Waals surface area contributed by atoms with E-state index >= 15 is 0 Å². The van der Waals surface area contributed by atoms with Gasteiger partial charge in [0.2, 0.25) is 0 Å². The van der Waals surface area contributed by atoms with E-state index in [0.29, 0.717) is 11.3 Å². The van der Waals surface area contributed by atoms with Crippen LogP contribution in [0, 0.1) is 0 Å². The Balaban J connectivity index is 1.45. The van der Waals surface area contributed by atoms with Crippen molar-refractivity contribution >= 4 is 10.9 Å². The van der Waals surface area contributed by atoms with Crippen molar-refractivity contribution in [2.45, 2.75) is 50.6 Å². The van der Waals surface area contributed by atoms with E-state index in [1.807, 2.05) is 43.6 Å². The molecular formula is C22H25N5O. The molecule has 2 aromatic heterocycles. The summed E-state index contributed by atoms with van der Waals surface area (Å²) >= 11 is 0. The summed E-state index contributed by atoms with van der Waals surface area (Å²) in [6.07, 6.45) is 7.71. The SMILES string of the molecule is Cn1c(C2CCCN2Cc2ccnc(C3CCC3)n2)nc2ccccc2c1=O. The first kappa shape index (κ1) is 17.5. The van der Waals surface area contributed by atoms with Gasteiger partial charge >= 0.3 is 0 Å². The second-order valence-electron chi connectivity index (χ2n) is 8.01. The lowest BCUT2D eigenvalue weighted by Crippen LogP contribution is -2.31. The Kier molecular flexibility index (Phi) is 4.43. The zero-order chi connectivity index (χ0) is 19.1. The molecule has 144 valence electrons. The maximum Gasteiger partial charge on any atom is 0.261 e. The fourth-order valence-electron chi connectivity index (χ4n) is 4.41. The number of hydrogen-bond donors (Lipinski definition) is 0. The summed E-state index contributed by atoms with van der Waals surface area (Å²) in [5, 5.41) is 0.680. The molecule has 1 atom stereocenters. The van der Waals surface area contributed by atoms with Gasteiger partial charge in [0.05, 0.1) is 22.6 Å². The molecule has 1 saturated heterocycles. The lowest BCUT2D eigenvalue weighted by molar-refractivity contribution is 0.231. The molecule has 0 N–H and O–H groups in total. The summed E-state index contributed by atoms with van der Waals surface area (Å²) in [5.41, 5.74) is 1.87. The van der Waals surface area contributed by atoms with Crippen molar-refractivity contribution in [1.29, 1.82) is 0 Å². The maximum atomic E-state index is 12.8. The van der Waals surface area contributed by atoms with Gasteiger partial charge in [-0.25, -0.2) is 15.0 Å². The lowest BCUT2D eigenvalue weighted by atomic mass is 9.85. The lowest BCUT2D eigenvalue weighted by Gasteiger charge is -2.26. The molecule has 0 amide bonds. The van der Waals surface area contributed by atoms with E-state index in [-0.39, 0.29) is 11.6 Å². The Morgan fingerprint density at radius 2 is 1.93 bits per heavy atom. The number of para-hydroxylation sites is 1. The normalized spacial score (nSPS) is 20.5. The van der Waals surface area contributed by atoms with E-state index in [1.165, 1.54) is 19.3 Å². The van der Waals surface area contributed by atoms with Crippen LogP contribution >= 0.6 is 0 Å². The number of benzene rings is 1. The molecule has 0 spiro atoms. The van der Waals surface area contributed by atoms with E-state index < -0.39 is 0 Å². The summed E-state index contributed by atoms with van der Waals surface area (Å²) in [6, 6.07) is 9.77. The summed E-state index contributed by atoms with van der Waals surface area (Å²) in [4.78, 5) is 29.4. The predicted octanol–water partition coefficient (Wildman–Crippen LogP) is 3.33. The van der Waals surface area contributed by atoms with Gasteiger partial charge in [-0.1, -0.05) is 18.6 Å². The fraction of sp³-hybridized carbons (Fsp3) is 0.455. The largest absolute Gasteiger partial charge is 0.298 e. The van der Waals surface area contributed by atoms with Crippen LogP contribution in [0.3, 0.4) is 0 Å². The van der Waals surface area contributed by atoms with Crippen molar-refractivity contribution in [2.24, 2.45) is 7.05 Å². The van der Waals surface area contributed by atoms with Crippen molar-refractivity contribution in [2.75, 3.05) is 6.54 Å². The molecule has 2 fully saturated rings. The van der Waals surface area contributed by atoms with Crippen molar-refractivity contribution in [3.63, 3.8) is 0 Å². The number of nitrogens with zero attached hydrogens (tertiary/aromatic N) is 5. The first-order valence-corrected chi connectivity index (χ1v) is 10.2. The number of rotatable bonds is 4. The average Bonchev–Trinajstić information content (AvgIpc) is 3.11. The molecule has 5 rings (SSSR count). The van der Waals surface area contributed by atoms with Gasteiger partial charge in [0.25, 0.3) is 5.56 Å². The van der Waals surface area contributed by atoms with Crippen LogP contribution in [0.25, 0.3) is 10.9 Å². The Morgan fingerprint density at radius 3 is 2.75 bits per heavy atom. The van der Waals surface area contributed by atoms with E-state index in [9.17, 15) is 4.79 Å². The van der Waals surface area contributed by atoms with Gasteiger partial charge in [-0.05, 0) is 50.4 Å². The van der Waals surface area contributed by atoms with Gasteiger partial charge in [0, 0.05) is 25.7 Å². The molecule has 28 heavy (non-hydrogen) atoms. The monoisotopic (exact) mass is 375 g/mol. The molecule has 0 bridgehead atoms. The summed E-state index contributed by atoms with van der Waals surface area (Å²) in [7, 11) is 1.84. The molecule has 3 heterocycles. The quantitative estimate of drug-likeness (QED) is 0.700. The van der Waals surface area contributed by atoms with Crippen LogP contribution in [0.5, 0.6) is 0 Å². The summed E-state index contributed by atoms with van der Waals surface area (Å²) in [6.45, 7) is 1.77. The van der Waals surface area contributed by atoms with Crippen molar-refractivity contribution in [1.82, 2.24) is 24.4 Å². The minimum absolute atomic E-state index is 0.0294. The number of hydrogen-bond acceptors (Lipinski definition) is 5. The van der Waals surface area contributed by atoms with Gasteiger partial charge in [-0.2, -0.15) is 0 Å². The highest BCUT2D eigenvalue weighted by Gasteiger charge is 2.30. The Hall–Kier alpha value is -2.60. The van der Waals surface area contributed by atoms with Crippen molar-refractivity contribution in [3.8, 4) is 0 Å². The number of likely N-dealkylation sites (tertiary alicyclic amines) is 1. The minimum atomic E-state index is 0.0294. The molecule has 6 nitrogen and oxygen atoms in total. The second-order valence-corrected chi connectivity index (χ2v) is 8.01. The van der Waals surface area contributed by atoms with Gasteiger partial charge in [0.1, 0.15) is 11.6 Å². The molecule has 3 aromatic rings. The van der Waals surface area contributed by atoms with Crippen LogP contribution in [0.2, 0.25) is 0 Å². The van der Waals surface area contributed by atoms with E-state index in [2.05, 4.69) is 9.88 Å². The number of aromatic nitrogens is 4. The van der Waals surface area contributed by atoms with Gasteiger partial charge < -0.3 is 0 Å². The van der Waals surface area contributed by atoms with E-state index in [0.717, 1.165) is 48.8 Å². The molecule has 1 aliphatic carbocycles. The third kappa shape index (κ3) is 3.02. The van der Waals surface area contributed by atoms with Gasteiger partial charge in [-0.3, -0.25) is 14.3 Å². The third-order valence-corrected chi connectivity index (χ3v) is 6.25. The Morgan fingerprint density at radius 1 is 1.07 bits per heavy atom. The second kappa shape index (κ2) is 7.09. The first-order valence-electron chi connectivity index (χ1n) is 10.2. The van der Waals surface area contributed by atoms with Gasteiger partial charge in [-0.15, -0.1) is 0 Å². The molecule has 6 heteroatoms. The zero-order valence-corrected chi connectivity index (χ0v) is 16.2. The smallest absolute Gasteiger partial charge is 0.261 e. The maximum absolute atomic E-state index is 12.8. The predicted molar refractivity (Wildman–Crippen MR) is 108 cm³/mol. The van der Waals surface area contributed by atoms with Crippen LogP contribution in [0.4, 0.5) is 0 Å². The number of fused-ring (bicyclic) bond motifs is 1. The molecule has 1 saturated carbocycles. The fourth-order valence-corrected chi connectivity index (χ4v) is 4.41. The zero-order valence-electron chi connectivity index (χ0n) is 16.2. The van der Waals surface area contributed by atoms with Crippen LogP contribution in [-0.4, -0.2) is 31.0 Å². The highest BCUT2D eigenvalue weighted by Crippen LogP contribution is 2.35. The molecule has 0 radical (unpaired) electrons. The standard InChI is InChI=1S/C22H25N5O/c1-26-21(25-18-9-3-2-8-17(18)22(26)28)19-10-5-13-27(19)14-16-11-12-23-20(24-16)15-6-4-7-15/h2-3,8-9,11-12,15,19H,4-7,10,13-14H2,1H3. The summed E-state index contributed by atoms with van der Waals surface area (Å²) in [5.74, 6) is 2.39. The van der Waals surface area contributed by atoms with Crippen molar-refractivity contribution in [3.05, 3.63) is 64.2 Å².